The average molecular weight is 333 g/mol. The van der Waals surface area contributed by atoms with Crippen molar-refractivity contribution in [3.8, 4) is 0 Å². The Bertz CT molecular complexity index is 752. The van der Waals surface area contributed by atoms with Crippen LogP contribution in [0.4, 0.5) is 5.95 Å². The largest absolute Gasteiger partial charge is 0.394 e. The van der Waals surface area contributed by atoms with Crippen molar-refractivity contribution in [3.05, 3.63) is 16.7 Å². The van der Waals surface area contributed by atoms with Gasteiger partial charge >= 0.3 is 7.60 Å². The lowest BCUT2D eigenvalue weighted by atomic mass is 10.2. The second-order valence-electron chi connectivity index (χ2n) is 4.60. The number of H-pyrrole nitrogens is 1. The van der Waals surface area contributed by atoms with Crippen LogP contribution in [0.25, 0.3) is 11.2 Å². The number of nitrogens with two attached hydrogens (primary N) is 1. The third kappa shape index (κ3) is 3.90. The number of fused-ring (bicyclic) bond motifs is 1. The molecule has 0 fully saturated rings. The van der Waals surface area contributed by atoms with Gasteiger partial charge in [0.25, 0.3) is 5.56 Å². The van der Waals surface area contributed by atoms with E-state index >= 15 is 0 Å². The maximum absolute atomic E-state index is 11.7. The molecule has 2 aromatic rings. The zero-order valence-electron chi connectivity index (χ0n) is 11.4. The number of nitrogens with one attached hydrogen (secondary N) is 1. The van der Waals surface area contributed by atoms with Crippen molar-refractivity contribution in [2.24, 2.45) is 0 Å². The Kier molecular flexibility index (Phi) is 4.94. The Morgan fingerprint density at radius 1 is 1.50 bits per heavy atom. The van der Waals surface area contributed by atoms with Gasteiger partial charge in [-0.2, -0.15) is 4.98 Å². The molecule has 0 aliphatic carbocycles. The summed E-state index contributed by atoms with van der Waals surface area (Å²) in [5, 5.41) is 9.45. The molecular weight excluding hydrogens is 317 g/mol. The smallest absolute Gasteiger partial charge is 0.350 e. The maximum Gasteiger partial charge on any atom is 0.350 e. The highest BCUT2D eigenvalue weighted by Crippen LogP contribution is 2.34. The number of ether oxygens (including phenoxy) is 1. The first kappa shape index (κ1) is 16.6. The van der Waals surface area contributed by atoms with Crippen LogP contribution in [-0.2, 0) is 9.30 Å². The van der Waals surface area contributed by atoms with Crippen LogP contribution in [0.5, 0.6) is 0 Å². The molecule has 11 nitrogen and oxygen atoms in total. The predicted octanol–water partition coefficient (Wildman–Crippen LogP) is -1.22. The highest BCUT2D eigenvalue weighted by Gasteiger charge is 2.18. The van der Waals surface area contributed by atoms with E-state index in [9.17, 15) is 14.5 Å². The number of aliphatic hydroxyl groups excluding tert-OH is 1. The molecule has 2 rings (SSSR count). The summed E-state index contributed by atoms with van der Waals surface area (Å²) in [7, 11) is -4.22. The van der Waals surface area contributed by atoms with Gasteiger partial charge in [0.15, 0.2) is 11.2 Å². The summed E-state index contributed by atoms with van der Waals surface area (Å²) in [6, 6.07) is -0.518. The number of anilines is 1. The molecule has 0 bridgehead atoms. The second-order valence-corrected chi connectivity index (χ2v) is 6.19. The minimum Gasteiger partial charge on any atom is -0.394 e. The zero-order valence-corrected chi connectivity index (χ0v) is 12.3. The molecule has 0 amide bonds. The van der Waals surface area contributed by atoms with E-state index < -0.39 is 25.5 Å². The van der Waals surface area contributed by atoms with Gasteiger partial charge in [-0.1, -0.05) is 0 Å². The van der Waals surface area contributed by atoms with Crippen LogP contribution in [0.3, 0.4) is 0 Å². The van der Waals surface area contributed by atoms with Crippen LogP contribution >= 0.6 is 7.60 Å². The molecule has 1 unspecified atom stereocenters. The molecule has 0 aliphatic heterocycles. The van der Waals surface area contributed by atoms with Crippen molar-refractivity contribution in [2.75, 3.05) is 25.3 Å². The van der Waals surface area contributed by atoms with Crippen LogP contribution in [-0.4, -0.2) is 54.0 Å². The van der Waals surface area contributed by atoms with Crippen LogP contribution < -0.4 is 11.3 Å². The minimum absolute atomic E-state index is 0.00861. The molecule has 122 valence electrons. The van der Waals surface area contributed by atoms with E-state index in [1.54, 1.807) is 0 Å². The van der Waals surface area contributed by atoms with Crippen LogP contribution in [0.2, 0.25) is 0 Å². The molecule has 1 atom stereocenters. The number of aromatic amines is 1. The fourth-order valence-electron chi connectivity index (χ4n) is 1.93. The lowest BCUT2D eigenvalue weighted by Crippen LogP contribution is -2.17. The number of imidazole rings is 1. The molecule has 2 aromatic heterocycles. The van der Waals surface area contributed by atoms with Crippen molar-refractivity contribution in [2.45, 2.75) is 12.5 Å². The zero-order chi connectivity index (χ0) is 16.3. The third-order valence-corrected chi connectivity index (χ3v) is 3.43. The molecule has 0 spiro atoms. The number of aromatic nitrogens is 4. The van der Waals surface area contributed by atoms with Gasteiger partial charge in [0.2, 0.25) is 5.95 Å². The molecular formula is C10H16N5O6P. The highest BCUT2D eigenvalue weighted by molar-refractivity contribution is 7.51. The summed E-state index contributed by atoms with van der Waals surface area (Å²) >= 11 is 0. The number of rotatable bonds is 7. The van der Waals surface area contributed by atoms with E-state index in [-0.39, 0.29) is 36.7 Å². The fourth-order valence-corrected chi connectivity index (χ4v) is 2.30. The van der Waals surface area contributed by atoms with Crippen LogP contribution in [0.15, 0.2) is 11.1 Å². The molecule has 0 radical (unpaired) electrons. The number of nitrogens with zero attached hydrogens (tertiary/aromatic N) is 3. The van der Waals surface area contributed by atoms with Gasteiger partial charge in [0.1, 0.15) is 6.35 Å². The molecule has 2 heterocycles. The SMILES string of the molecule is Nc1nc2c(ncn2C(CO)CCOCP(=O)(O)O)c(=O)[nH]1. The molecule has 12 heteroatoms. The number of hydrogen-bond acceptors (Lipinski definition) is 7. The third-order valence-electron chi connectivity index (χ3n) is 2.91. The van der Waals surface area contributed by atoms with Gasteiger partial charge in [-0.25, -0.2) is 4.98 Å². The van der Waals surface area contributed by atoms with E-state index in [0.717, 1.165) is 0 Å². The number of nitrogen functional groups attached to an aromatic ring is 1. The lowest BCUT2D eigenvalue weighted by Gasteiger charge is -2.16. The summed E-state index contributed by atoms with van der Waals surface area (Å²) in [5.74, 6) is -0.0753. The Morgan fingerprint density at radius 2 is 2.23 bits per heavy atom. The molecule has 0 aromatic carbocycles. The normalized spacial score (nSPS) is 13.6. The van der Waals surface area contributed by atoms with E-state index in [0.29, 0.717) is 0 Å². The second kappa shape index (κ2) is 6.55. The van der Waals surface area contributed by atoms with E-state index in [4.69, 9.17) is 20.3 Å². The Balaban J connectivity index is 2.14. The molecule has 0 saturated carbocycles. The van der Waals surface area contributed by atoms with Crippen molar-refractivity contribution >= 4 is 24.7 Å². The summed E-state index contributed by atoms with van der Waals surface area (Å²) in [6.45, 7) is -0.284. The predicted molar refractivity (Wildman–Crippen MR) is 76.2 cm³/mol. The van der Waals surface area contributed by atoms with Crippen molar-refractivity contribution in [3.63, 3.8) is 0 Å². The summed E-state index contributed by atoms with van der Waals surface area (Å²) in [6.07, 6.45) is 0.896. The number of hydrogen-bond donors (Lipinski definition) is 5. The van der Waals surface area contributed by atoms with Gasteiger partial charge in [0, 0.05) is 6.61 Å². The Labute approximate surface area is 123 Å². The van der Waals surface area contributed by atoms with Crippen molar-refractivity contribution < 1.29 is 24.2 Å². The van der Waals surface area contributed by atoms with Gasteiger partial charge in [-0.3, -0.25) is 14.3 Å². The molecule has 22 heavy (non-hydrogen) atoms. The fraction of sp³-hybridized carbons (Fsp3) is 0.500. The monoisotopic (exact) mass is 333 g/mol. The van der Waals surface area contributed by atoms with Gasteiger partial charge in [-0.05, 0) is 6.42 Å². The molecule has 0 aliphatic rings. The van der Waals surface area contributed by atoms with Gasteiger partial charge < -0.3 is 29.9 Å². The highest BCUT2D eigenvalue weighted by atomic mass is 31.2. The Morgan fingerprint density at radius 3 is 2.86 bits per heavy atom. The first-order chi connectivity index (χ1) is 10.3. The van der Waals surface area contributed by atoms with E-state index in [1.807, 2.05) is 0 Å². The van der Waals surface area contributed by atoms with Crippen molar-refractivity contribution in [1.82, 2.24) is 19.5 Å². The van der Waals surface area contributed by atoms with Crippen molar-refractivity contribution in [1.29, 1.82) is 0 Å². The maximum atomic E-state index is 11.7. The average Bonchev–Trinajstić information content (AvgIpc) is 2.81. The van der Waals surface area contributed by atoms with Crippen LogP contribution in [0.1, 0.15) is 12.5 Å². The summed E-state index contributed by atoms with van der Waals surface area (Å²) < 4.78 is 17.0. The lowest BCUT2D eigenvalue weighted by molar-refractivity contribution is 0.127. The van der Waals surface area contributed by atoms with E-state index in [1.165, 1.54) is 10.9 Å². The first-order valence-electron chi connectivity index (χ1n) is 6.27. The molecule has 6 N–H and O–H groups in total. The van der Waals surface area contributed by atoms with Gasteiger partial charge in [-0.15, -0.1) is 0 Å². The molecule has 0 saturated heterocycles. The number of aliphatic hydroxyl groups is 1. The van der Waals surface area contributed by atoms with Gasteiger partial charge in [0.05, 0.1) is 19.0 Å². The Hall–Kier alpha value is -1.78. The summed E-state index contributed by atoms with van der Waals surface area (Å²) in [5.41, 5.74) is 5.30. The standard InChI is InChI=1S/C10H16N5O6P/c11-10-13-8-7(9(17)14-10)12-4-15(8)6(3-16)1-2-21-5-22(18,19)20/h4,6,16H,1-3,5H2,(H2,18,19,20)(H3,11,13,14,17). The van der Waals surface area contributed by atoms with E-state index in [2.05, 4.69) is 15.0 Å². The first-order valence-corrected chi connectivity index (χ1v) is 8.07. The summed E-state index contributed by atoms with van der Waals surface area (Å²) in [4.78, 5) is 39.3. The topological polar surface area (TPSA) is 177 Å². The quantitative estimate of drug-likeness (QED) is 0.307. The van der Waals surface area contributed by atoms with Crippen LogP contribution in [0, 0.1) is 0 Å². The minimum atomic E-state index is -4.22.